The van der Waals surface area contributed by atoms with E-state index in [-0.39, 0.29) is 35.9 Å². The van der Waals surface area contributed by atoms with Gasteiger partial charge in [0.05, 0.1) is 30.5 Å². The van der Waals surface area contributed by atoms with Crippen LogP contribution in [0.2, 0.25) is 5.02 Å². The molecule has 0 saturated carbocycles. The summed E-state index contributed by atoms with van der Waals surface area (Å²) >= 11 is 6.09. The van der Waals surface area contributed by atoms with Gasteiger partial charge in [-0.25, -0.2) is 16.8 Å². The highest BCUT2D eigenvalue weighted by Gasteiger charge is 2.33. The van der Waals surface area contributed by atoms with E-state index in [1.165, 1.54) is 35.7 Å². The average molecular weight is 574 g/mol. The quantitative estimate of drug-likeness (QED) is 0.387. The first-order chi connectivity index (χ1) is 17.5. The number of halogens is 1. The van der Waals surface area contributed by atoms with E-state index >= 15 is 0 Å². The molecule has 204 valence electrons. The number of nitrogens with one attached hydrogen (secondary N) is 1. The molecule has 1 amide bonds. The van der Waals surface area contributed by atoms with E-state index in [9.17, 15) is 21.6 Å². The minimum atomic E-state index is -3.87. The molecule has 2 aromatic rings. The van der Waals surface area contributed by atoms with Crippen LogP contribution >= 0.6 is 11.6 Å². The predicted molar refractivity (Wildman–Crippen MR) is 142 cm³/mol. The van der Waals surface area contributed by atoms with E-state index in [2.05, 4.69) is 5.32 Å². The van der Waals surface area contributed by atoms with Crippen molar-refractivity contribution < 1.29 is 31.1 Å². The number of sulfonamides is 2. The number of carbonyl (C=O) groups excluding carboxylic acids is 1. The second kappa shape index (κ2) is 12.3. The number of hydrogen-bond donors (Lipinski definition) is 1. The van der Waals surface area contributed by atoms with Gasteiger partial charge >= 0.3 is 0 Å². The first-order valence-corrected chi connectivity index (χ1v) is 15.5. The van der Waals surface area contributed by atoms with Crippen LogP contribution in [0.5, 0.6) is 11.5 Å². The van der Waals surface area contributed by atoms with Crippen molar-refractivity contribution in [1.82, 2.24) is 9.62 Å². The largest absolute Gasteiger partial charge is 0.495 e. The monoisotopic (exact) mass is 573 g/mol. The molecule has 1 aliphatic heterocycles. The molecular formula is C24H32ClN3O7S2. The lowest BCUT2D eigenvalue weighted by atomic mass is 10.2. The molecule has 0 bridgehead atoms. The maximum atomic E-state index is 13.0. The van der Waals surface area contributed by atoms with Crippen molar-refractivity contribution in [2.45, 2.75) is 37.1 Å². The zero-order valence-electron chi connectivity index (χ0n) is 21.0. The summed E-state index contributed by atoms with van der Waals surface area (Å²) in [4.78, 5) is 13.2. The number of carbonyl (C=O) groups is 1. The third kappa shape index (κ3) is 7.07. The third-order valence-electron chi connectivity index (χ3n) is 5.90. The SMILES string of the molecule is CC[C@H](C(=O)NCCOc1ccc(S(=O)(=O)N2CCCC2)cc1)N(c1cc(Cl)ccc1OC)S(C)(=O)=O. The molecule has 0 aliphatic carbocycles. The van der Waals surface area contributed by atoms with Gasteiger partial charge in [0.25, 0.3) is 0 Å². The van der Waals surface area contributed by atoms with E-state index in [1.54, 1.807) is 25.1 Å². The molecule has 1 aliphatic rings. The van der Waals surface area contributed by atoms with E-state index in [1.807, 2.05) is 0 Å². The summed E-state index contributed by atoms with van der Waals surface area (Å²) in [6.45, 7) is 2.96. The second-order valence-electron chi connectivity index (χ2n) is 8.52. The zero-order valence-corrected chi connectivity index (χ0v) is 23.4. The van der Waals surface area contributed by atoms with E-state index < -0.39 is 32.0 Å². The van der Waals surface area contributed by atoms with Gasteiger partial charge in [-0.15, -0.1) is 0 Å². The van der Waals surface area contributed by atoms with E-state index in [0.717, 1.165) is 23.4 Å². The molecule has 1 fully saturated rings. The van der Waals surface area contributed by atoms with Gasteiger partial charge in [0.1, 0.15) is 24.1 Å². The van der Waals surface area contributed by atoms with Crippen molar-refractivity contribution in [2.75, 3.05) is 43.9 Å². The van der Waals surface area contributed by atoms with Crippen molar-refractivity contribution in [3.8, 4) is 11.5 Å². The van der Waals surface area contributed by atoms with E-state index in [4.69, 9.17) is 21.1 Å². The van der Waals surface area contributed by atoms with E-state index in [0.29, 0.717) is 23.9 Å². The Labute approximate surface area is 223 Å². The summed E-state index contributed by atoms with van der Waals surface area (Å²) in [6.07, 6.45) is 2.93. The highest BCUT2D eigenvalue weighted by Crippen LogP contribution is 2.34. The smallest absolute Gasteiger partial charge is 0.244 e. The number of anilines is 1. The van der Waals surface area contributed by atoms with Crippen molar-refractivity contribution in [3.05, 3.63) is 47.5 Å². The van der Waals surface area contributed by atoms with Crippen molar-refractivity contribution >= 4 is 43.2 Å². The molecule has 1 heterocycles. The lowest BCUT2D eigenvalue weighted by molar-refractivity contribution is -0.122. The van der Waals surface area contributed by atoms with Crippen molar-refractivity contribution in [3.63, 3.8) is 0 Å². The minimum absolute atomic E-state index is 0.0970. The second-order valence-corrected chi connectivity index (χ2v) is 12.8. The van der Waals surface area contributed by atoms with Gasteiger partial charge in [0.2, 0.25) is 26.0 Å². The summed E-state index contributed by atoms with van der Waals surface area (Å²) in [6, 6.07) is 9.62. The van der Waals surface area contributed by atoms with Gasteiger partial charge in [-0.2, -0.15) is 4.31 Å². The Balaban J connectivity index is 1.62. The number of rotatable bonds is 12. The molecule has 1 atom stereocenters. The van der Waals surface area contributed by atoms with Gasteiger partial charge in [-0.3, -0.25) is 9.10 Å². The highest BCUT2D eigenvalue weighted by atomic mass is 35.5. The van der Waals surface area contributed by atoms with Gasteiger partial charge in [-0.05, 0) is 61.7 Å². The molecule has 1 saturated heterocycles. The first kappa shape index (κ1) is 29.0. The number of hydrogen-bond acceptors (Lipinski definition) is 7. The van der Waals surface area contributed by atoms with Crippen LogP contribution < -0.4 is 19.1 Å². The van der Waals surface area contributed by atoms with Gasteiger partial charge < -0.3 is 14.8 Å². The van der Waals surface area contributed by atoms with Gasteiger partial charge in [0.15, 0.2) is 0 Å². The summed E-state index contributed by atoms with van der Waals surface area (Å²) in [5, 5.41) is 3.00. The van der Waals surface area contributed by atoms with Gasteiger partial charge in [-0.1, -0.05) is 18.5 Å². The molecule has 2 aromatic carbocycles. The molecule has 0 radical (unpaired) electrons. The van der Waals surface area contributed by atoms with Crippen LogP contribution in [0.3, 0.4) is 0 Å². The maximum Gasteiger partial charge on any atom is 0.244 e. The predicted octanol–water partition coefficient (Wildman–Crippen LogP) is 2.87. The van der Waals surface area contributed by atoms with Crippen LogP contribution in [-0.4, -0.2) is 72.7 Å². The molecule has 37 heavy (non-hydrogen) atoms. The molecule has 13 heteroatoms. The van der Waals surface area contributed by atoms with Gasteiger partial charge in [0, 0.05) is 18.1 Å². The molecule has 0 unspecified atom stereocenters. The Morgan fingerprint density at radius 2 is 1.76 bits per heavy atom. The Morgan fingerprint density at radius 1 is 1.11 bits per heavy atom. The zero-order chi connectivity index (χ0) is 27.2. The lowest BCUT2D eigenvalue weighted by Crippen LogP contribution is -2.50. The maximum absolute atomic E-state index is 13.0. The standard InChI is InChI=1S/C24H32ClN3O7S2/c1-4-21(28(36(3,30)31)22-17-18(25)7-12-23(22)34-2)24(29)26-13-16-35-19-8-10-20(11-9-19)37(32,33)27-14-5-6-15-27/h7-12,17,21H,4-6,13-16H2,1-3H3,(H,26,29)/t21-/m1/s1. The number of amides is 1. The number of methoxy groups -OCH3 is 1. The summed E-state index contributed by atoms with van der Waals surface area (Å²) < 4.78 is 64.1. The Kier molecular flexibility index (Phi) is 9.68. The van der Waals surface area contributed by atoms with Crippen LogP contribution in [0.15, 0.2) is 47.4 Å². The lowest BCUT2D eigenvalue weighted by Gasteiger charge is -2.31. The average Bonchev–Trinajstić information content (AvgIpc) is 3.40. The first-order valence-electron chi connectivity index (χ1n) is 11.8. The fourth-order valence-electron chi connectivity index (χ4n) is 4.12. The topological polar surface area (TPSA) is 122 Å². The number of ether oxygens (including phenoxy) is 2. The Hall–Kier alpha value is -2.54. The normalized spacial score (nSPS) is 15.2. The van der Waals surface area contributed by atoms with Crippen LogP contribution in [0.25, 0.3) is 0 Å². The Morgan fingerprint density at radius 3 is 2.32 bits per heavy atom. The third-order valence-corrected chi connectivity index (χ3v) is 9.22. The molecule has 1 N–H and O–H groups in total. The summed E-state index contributed by atoms with van der Waals surface area (Å²) in [5.74, 6) is 0.202. The molecular weight excluding hydrogens is 542 g/mol. The van der Waals surface area contributed by atoms with Crippen LogP contribution in [-0.2, 0) is 24.8 Å². The highest BCUT2D eigenvalue weighted by molar-refractivity contribution is 7.92. The molecule has 0 spiro atoms. The molecule has 0 aromatic heterocycles. The Bertz CT molecular complexity index is 1300. The van der Waals surface area contributed by atoms with Crippen molar-refractivity contribution in [2.24, 2.45) is 0 Å². The van der Waals surface area contributed by atoms with Crippen LogP contribution in [0.4, 0.5) is 5.69 Å². The summed E-state index contributed by atoms with van der Waals surface area (Å²) in [7, 11) is -5.97. The summed E-state index contributed by atoms with van der Waals surface area (Å²) in [5.41, 5.74) is 0.166. The molecule has 10 nitrogen and oxygen atoms in total. The minimum Gasteiger partial charge on any atom is -0.495 e. The molecule has 3 rings (SSSR count). The van der Waals surface area contributed by atoms with Crippen molar-refractivity contribution in [1.29, 1.82) is 0 Å². The fourth-order valence-corrected chi connectivity index (χ4v) is 7.01. The number of nitrogens with zero attached hydrogens (tertiary/aromatic N) is 2. The fraction of sp³-hybridized carbons (Fsp3) is 0.458. The van der Waals surface area contributed by atoms with Crippen LogP contribution in [0.1, 0.15) is 26.2 Å². The number of benzene rings is 2. The van der Waals surface area contributed by atoms with Crippen LogP contribution in [0, 0.1) is 0 Å².